The Bertz CT molecular complexity index is 521. The summed E-state index contributed by atoms with van der Waals surface area (Å²) >= 11 is 0. The van der Waals surface area contributed by atoms with Crippen molar-refractivity contribution in [3.8, 4) is 11.5 Å². The fourth-order valence-corrected chi connectivity index (χ4v) is 1.23. The number of nitrogens with one attached hydrogen (secondary N) is 1. The van der Waals surface area contributed by atoms with Crippen molar-refractivity contribution in [1.29, 1.82) is 0 Å². The average molecular weight is 218 g/mol. The molecule has 0 bridgehead atoms. The summed E-state index contributed by atoms with van der Waals surface area (Å²) in [6.45, 7) is 0. The highest BCUT2D eigenvalue weighted by Crippen LogP contribution is 2.23. The lowest BCUT2D eigenvalue weighted by Gasteiger charge is -1.97. The van der Waals surface area contributed by atoms with Crippen LogP contribution in [0.5, 0.6) is 0 Å². The molecule has 0 spiro atoms. The van der Waals surface area contributed by atoms with Crippen LogP contribution in [0.4, 0.5) is 5.69 Å². The molecule has 1 heterocycles. The van der Waals surface area contributed by atoms with Crippen LogP contribution in [0.15, 0.2) is 28.8 Å². The first kappa shape index (κ1) is 10.2. The molecule has 0 radical (unpaired) electrons. The molecule has 0 atom stereocenters. The summed E-state index contributed by atoms with van der Waals surface area (Å²) in [4.78, 5) is 15.2. The average Bonchev–Trinajstić information content (AvgIpc) is 2.78. The fraction of sp³-hybridized carbons (Fsp3) is 0.100. The number of rotatable bonds is 2. The Morgan fingerprint density at radius 3 is 2.88 bits per heavy atom. The summed E-state index contributed by atoms with van der Waals surface area (Å²) in [6, 6.07) is 7.07. The molecule has 6 heteroatoms. The third kappa shape index (κ3) is 1.72. The number of nitrogens with two attached hydrogens (primary N) is 1. The van der Waals surface area contributed by atoms with E-state index in [-0.39, 0.29) is 11.7 Å². The third-order valence-corrected chi connectivity index (χ3v) is 2.05. The van der Waals surface area contributed by atoms with E-state index in [0.717, 1.165) is 0 Å². The number of hydrogen-bond acceptors (Lipinski definition) is 5. The van der Waals surface area contributed by atoms with Gasteiger partial charge < -0.3 is 15.6 Å². The second-order valence-electron chi connectivity index (χ2n) is 3.09. The van der Waals surface area contributed by atoms with Gasteiger partial charge in [0, 0.05) is 12.7 Å². The SMILES string of the molecule is CNC(=O)c1noc(-c2ccccc2N)n1. The number of para-hydroxylation sites is 1. The van der Waals surface area contributed by atoms with E-state index in [1.54, 1.807) is 24.3 Å². The zero-order chi connectivity index (χ0) is 11.5. The van der Waals surface area contributed by atoms with Crippen molar-refractivity contribution >= 4 is 11.6 Å². The molecule has 0 fully saturated rings. The van der Waals surface area contributed by atoms with Gasteiger partial charge in [-0.2, -0.15) is 4.98 Å². The lowest BCUT2D eigenvalue weighted by molar-refractivity contribution is 0.0950. The van der Waals surface area contributed by atoms with E-state index in [0.29, 0.717) is 11.3 Å². The fourth-order valence-electron chi connectivity index (χ4n) is 1.23. The van der Waals surface area contributed by atoms with E-state index >= 15 is 0 Å². The Kier molecular flexibility index (Phi) is 2.55. The van der Waals surface area contributed by atoms with Crippen LogP contribution in [0.25, 0.3) is 11.5 Å². The molecule has 3 N–H and O–H groups in total. The van der Waals surface area contributed by atoms with Gasteiger partial charge in [0.25, 0.3) is 17.6 Å². The second kappa shape index (κ2) is 4.01. The third-order valence-electron chi connectivity index (χ3n) is 2.05. The molecular weight excluding hydrogens is 208 g/mol. The summed E-state index contributed by atoms with van der Waals surface area (Å²) in [7, 11) is 1.50. The largest absolute Gasteiger partial charge is 0.398 e. The van der Waals surface area contributed by atoms with Crippen molar-refractivity contribution in [2.24, 2.45) is 0 Å². The number of anilines is 1. The van der Waals surface area contributed by atoms with Gasteiger partial charge in [-0.05, 0) is 12.1 Å². The summed E-state index contributed by atoms with van der Waals surface area (Å²) in [6.07, 6.45) is 0. The number of benzene rings is 1. The number of hydrogen-bond donors (Lipinski definition) is 2. The highest BCUT2D eigenvalue weighted by atomic mass is 16.5. The molecule has 0 aliphatic heterocycles. The number of carbonyl (C=O) groups is 1. The predicted molar refractivity (Wildman–Crippen MR) is 57.5 cm³/mol. The van der Waals surface area contributed by atoms with Gasteiger partial charge in [0.2, 0.25) is 0 Å². The lowest BCUT2D eigenvalue weighted by Crippen LogP contribution is -2.19. The van der Waals surface area contributed by atoms with Crippen LogP contribution in [0, 0.1) is 0 Å². The van der Waals surface area contributed by atoms with E-state index in [2.05, 4.69) is 15.5 Å². The Morgan fingerprint density at radius 1 is 1.44 bits per heavy atom. The zero-order valence-corrected chi connectivity index (χ0v) is 8.60. The first-order chi connectivity index (χ1) is 7.72. The molecule has 0 aliphatic rings. The first-order valence-electron chi connectivity index (χ1n) is 4.63. The molecule has 0 unspecified atom stereocenters. The molecule has 1 aromatic carbocycles. The standard InChI is InChI=1S/C10H10N4O2/c1-12-9(15)8-13-10(16-14-8)6-4-2-3-5-7(6)11/h2-5H,11H2,1H3,(H,12,15). The zero-order valence-electron chi connectivity index (χ0n) is 8.60. The van der Waals surface area contributed by atoms with Crippen molar-refractivity contribution in [1.82, 2.24) is 15.5 Å². The first-order valence-corrected chi connectivity index (χ1v) is 4.63. The Labute approximate surface area is 91.5 Å². The van der Waals surface area contributed by atoms with Gasteiger partial charge in [-0.3, -0.25) is 4.79 Å². The lowest BCUT2D eigenvalue weighted by atomic mass is 10.2. The molecule has 2 rings (SSSR count). The van der Waals surface area contributed by atoms with Crippen molar-refractivity contribution in [3.05, 3.63) is 30.1 Å². The maximum Gasteiger partial charge on any atom is 0.292 e. The molecule has 0 aliphatic carbocycles. The van der Waals surface area contributed by atoms with E-state index in [1.165, 1.54) is 7.05 Å². The molecule has 0 saturated carbocycles. The van der Waals surface area contributed by atoms with Crippen molar-refractivity contribution in [2.45, 2.75) is 0 Å². The van der Waals surface area contributed by atoms with Crippen molar-refractivity contribution in [3.63, 3.8) is 0 Å². The van der Waals surface area contributed by atoms with Crippen molar-refractivity contribution < 1.29 is 9.32 Å². The van der Waals surface area contributed by atoms with Gasteiger partial charge in [-0.25, -0.2) is 0 Å². The maximum absolute atomic E-state index is 11.2. The maximum atomic E-state index is 11.2. The number of nitrogens with zero attached hydrogens (tertiary/aromatic N) is 2. The summed E-state index contributed by atoms with van der Waals surface area (Å²) in [5, 5.41) is 5.96. The minimum Gasteiger partial charge on any atom is -0.398 e. The number of carbonyl (C=O) groups excluding carboxylic acids is 1. The molecule has 82 valence electrons. The molecule has 0 saturated heterocycles. The topological polar surface area (TPSA) is 94.0 Å². The molecule has 1 amide bonds. The Morgan fingerprint density at radius 2 is 2.19 bits per heavy atom. The minimum atomic E-state index is -0.399. The van der Waals surface area contributed by atoms with Crippen LogP contribution in [0.1, 0.15) is 10.6 Å². The smallest absolute Gasteiger partial charge is 0.292 e. The van der Waals surface area contributed by atoms with Gasteiger partial charge in [-0.1, -0.05) is 17.3 Å². The van der Waals surface area contributed by atoms with E-state index in [4.69, 9.17) is 10.3 Å². The van der Waals surface area contributed by atoms with Crippen LogP contribution in [-0.4, -0.2) is 23.1 Å². The van der Waals surface area contributed by atoms with Crippen LogP contribution in [-0.2, 0) is 0 Å². The highest BCUT2D eigenvalue weighted by molar-refractivity contribution is 5.90. The number of amides is 1. The van der Waals surface area contributed by atoms with Gasteiger partial charge in [0.1, 0.15) is 0 Å². The van der Waals surface area contributed by atoms with Gasteiger partial charge >= 0.3 is 0 Å². The van der Waals surface area contributed by atoms with E-state index in [9.17, 15) is 4.79 Å². The van der Waals surface area contributed by atoms with Gasteiger partial charge in [-0.15, -0.1) is 0 Å². The number of aromatic nitrogens is 2. The van der Waals surface area contributed by atoms with Gasteiger partial charge in [0.15, 0.2) is 0 Å². The van der Waals surface area contributed by atoms with Crippen LogP contribution >= 0.6 is 0 Å². The molecule has 6 nitrogen and oxygen atoms in total. The Balaban J connectivity index is 2.39. The quantitative estimate of drug-likeness (QED) is 0.723. The van der Waals surface area contributed by atoms with Gasteiger partial charge in [0.05, 0.1) is 5.56 Å². The molecule has 2 aromatic rings. The van der Waals surface area contributed by atoms with Crippen molar-refractivity contribution in [2.75, 3.05) is 12.8 Å². The Hall–Kier alpha value is -2.37. The van der Waals surface area contributed by atoms with Crippen LogP contribution in [0.2, 0.25) is 0 Å². The summed E-state index contributed by atoms with van der Waals surface area (Å²) in [5.74, 6) is -0.179. The predicted octanol–water partition coefficient (Wildman–Crippen LogP) is 0.678. The normalized spacial score (nSPS) is 10.1. The number of nitrogen functional groups attached to an aromatic ring is 1. The molecule has 16 heavy (non-hydrogen) atoms. The highest BCUT2D eigenvalue weighted by Gasteiger charge is 2.15. The molecular formula is C10H10N4O2. The monoisotopic (exact) mass is 218 g/mol. The molecule has 1 aromatic heterocycles. The van der Waals surface area contributed by atoms with E-state index in [1.807, 2.05) is 0 Å². The van der Waals surface area contributed by atoms with Crippen LogP contribution in [0.3, 0.4) is 0 Å². The van der Waals surface area contributed by atoms with E-state index < -0.39 is 5.91 Å². The minimum absolute atomic E-state index is 0.0132. The second-order valence-corrected chi connectivity index (χ2v) is 3.09. The summed E-state index contributed by atoms with van der Waals surface area (Å²) in [5.41, 5.74) is 6.88. The summed E-state index contributed by atoms with van der Waals surface area (Å²) < 4.78 is 4.95. The van der Waals surface area contributed by atoms with Crippen LogP contribution < -0.4 is 11.1 Å².